The van der Waals surface area contributed by atoms with Crippen LogP contribution in [0.4, 0.5) is 0 Å². The van der Waals surface area contributed by atoms with Crippen molar-refractivity contribution >= 4 is 0 Å². The lowest BCUT2D eigenvalue weighted by atomic mass is 10.00. The fourth-order valence-electron chi connectivity index (χ4n) is 2.14. The molecule has 0 fully saturated rings. The van der Waals surface area contributed by atoms with E-state index >= 15 is 0 Å². The van der Waals surface area contributed by atoms with E-state index in [1.54, 1.807) is 0 Å². The van der Waals surface area contributed by atoms with Gasteiger partial charge in [0.15, 0.2) is 0 Å². The van der Waals surface area contributed by atoms with Gasteiger partial charge in [-0.15, -0.1) is 0 Å². The highest BCUT2D eigenvalue weighted by Gasteiger charge is 2.17. The molecule has 0 spiro atoms. The molecule has 2 aromatic rings. The summed E-state index contributed by atoms with van der Waals surface area (Å²) in [5.41, 5.74) is 4.97. The van der Waals surface area contributed by atoms with Crippen molar-refractivity contribution in [3.8, 4) is 16.9 Å². The summed E-state index contributed by atoms with van der Waals surface area (Å²) in [7, 11) is 0. The van der Waals surface area contributed by atoms with E-state index in [0.717, 1.165) is 12.2 Å². The Morgan fingerprint density at radius 2 is 1.94 bits per heavy atom. The van der Waals surface area contributed by atoms with Gasteiger partial charge in [0.05, 0.1) is 0 Å². The van der Waals surface area contributed by atoms with Gasteiger partial charge < -0.3 is 4.74 Å². The standard InChI is InChI=1S/C15H13O/c1-11-4-2-6-13(10-11)14-7-3-5-12-8-9-16-15(12)14/h2-7,9-10H,8H2,1H3. The Kier molecular flexibility index (Phi) is 2.17. The number of benzene rings is 2. The molecular formula is C15H13O. The van der Waals surface area contributed by atoms with E-state index in [9.17, 15) is 0 Å². The molecule has 79 valence electrons. The van der Waals surface area contributed by atoms with Gasteiger partial charge in [0.1, 0.15) is 12.4 Å². The predicted molar refractivity (Wildman–Crippen MR) is 65.2 cm³/mol. The molecule has 0 N–H and O–H groups in total. The third-order valence-corrected chi connectivity index (χ3v) is 2.93. The van der Waals surface area contributed by atoms with Crippen LogP contribution in [-0.4, -0.2) is 0 Å². The molecule has 3 rings (SSSR count). The van der Waals surface area contributed by atoms with Crippen molar-refractivity contribution < 1.29 is 4.74 Å². The van der Waals surface area contributed by atoms with Crippen LogP contribution in [-0.2, 0) is 6.42 Å². The van der Waals surface area contributed by atoms with Crippen molar-refractivity contribution in [3.63, 3.8) is 0 Å². The minimum Gasteiger partial charge on any atom is -0.485 e. The van der Waals surface area contributed by atoms with Crippen molar-refractivity contribution in [3.05, 3.63) is 60.2 Å². The van der Waals surface area contributed by atoms with Crippen molar-refractivity contribution in [1.29, 1.82) is 0 Å². The molecule has 0 bridgehead atoms. The topological polar surface area (TPSA) is 9.23 Å². The average molecular weight is 209 g/mol. The Morgan fingerprint density at radius 3 is 2.81 bits per heavy atom. The van der Waals surface area contributed by atoms with E-state index in [-0.39, 0.29) is 0 Å². The average Bonchev–Trinajstić information content (AvgIpc) is 2.76. The number of para-hydroxylation sites is 1. The number of fused-ring (bicyclic) bond motifs is 1. The van der Waals surface area contributed by atoms with E-state index in [0.29, 0.717) is 0 Å². The molecular weight excluding hydrogens is 196 g/mol. The minimum atomic E-state index is 0.912. The monoisotopic (exact) mass is 209 g/mol. The Hall–Kier alpha value is -1.76. The van der Waals surface area contributed by atoms with Crippen molar-refractivity contribution in [2.75, 3.05) is 0 Å². The second-order valence-corrected chi connectivity index (χ2v) is 4.15. The molecule has 1 heteroatoms. The van der Waals surface area contributed by atoms with Crippen molar-refractivity contribution in [2.24, 2.45) is 0 Å². The highest BCUT2D eigenvalue weighted by molar-refractivity contribution is 5.73. The summed E-state index contributed by atoms with van der Waals surface area (Å²) in [6.45, 7) is 3.98. The lowest BCUT2D eigenvalue weighted by Gasteiger charge is -2.08. The zero-order valence-electron chi connectivity index (χ0n) is 9.23. The lowest BCUT2D eigenvalue weighted by Crippen LogP contribution is -1.85. The van der Waals surface area contributed by atoms with Crippen LogP contribution in [0.25, 0.3) is 11.1 Å². The normalized spacial score (nSPS) is 13.3. The van der Waals surface area contributed by atoms with Gasteiger partial charge >= 0.3 is 0 Å². The minimum absolute atomic E-state index is 0.912. The number of aryl methyl sites for hydroxylation is 1. The molecule has 0 amide bonds. The van der Waals surface area contributed by atoms with Crippen LogP contribution in [0.5, 0.6) is 5.75 Å². The third kappa shape index (κ3) is 1.49. The fraction of sp³-hybridized carbons (Fsp3) is 0.133. The zero-order valence-corrected chi connectivity index (χ0v) is 9.23. The summed E-state index contributed by atoms with van der Waals surface area (Å²) in [4.78, 5) is 0. The van der Waals surface area contributed by atoms with Gasteiger partial charge in [-0.05, 0) is 18.1 Å². The van der Waals surface area contributed by atoms with Crippen LogP contribution in [0.15, 0.2) is 42.5 Å². The van der Waals surface area contributed by atoms with E-state index in [2.05, 4.69) is 49.4 Å². The summed E-state index contributed by atoms with van der Waals surface area (Å²) >= 11 is 0. The second-order valence-electron chi connectivity index (χ2n) is 4.15. The Bertz CT molecular complexity index is 529. The van der Waals surface area contributed by atoms with Gasteiger partial charge in [0.25, 0.3) is 0 Å². The fourth-order valence-corrected chi connectivity index (χ4v) is 2.14. The predicted octanol–water partition coefficient (Wildman–Crippen LogP) is 3.76. The van der Waals surface area contributed by atoms with Crippen LogP contribution in [0.2, 0.25) is 0 Å². The van der Waals surface area contributed by atoms with Crippen LogP contribution >= 0.6 is 0 Å². The summed E-state index contributed by atoms with van der Waals surface area (Å²) in [6, 6.07) is 14.9. The van der Waals surface area contributed by atoms with E-state index in [1.807, 2.05) is 6.61 Å². The van der Waals surface area contributed by atoms with Crippen LogP contribution < -0.4 is 4.74 Å². The van der Waals surface area contributed by atoms with Gasteiger partial charge in [-0.25, -0.2) is 0 Å². The maximum Gasteiger partial charge on any atom is 0.140 e. The van der Waals surface area contributed by atoms with E-state index in [1.165, 1.54) is 22.3 Å². The highest BCUT2D eigenvalue weighted by atomic mass is 16.5. The quantitative estimate of drug-likeness (QED) is 0.694. The molecule has 0 aliphatic carbocycles. The first-order chi connectivity index (χ1) is 7.84. The first-order valence-electron chi connectivity index (χ1n) is 5.52. The second kappa shape index (κ2) is 3.67. The lowest BCUT2D eigenvalue weighted by molar-refractivity contribution is 0.436. The van der Waals surface area contributed by atoms with Gasteiger partial charge in [0.2, 0.25) is 0 Å². The first kappa shape index (κ1) is 9.46. The Morgan fingerprint density at radius 1 is 1.06 bits per heavy atom. The van der Waals surface area contributed by atoms with E-state index in [4.69, 9.17) is 4.74 Å². The molecule has 1 heterocycles. The molecule has 0 aromatic heterocycles. The van der Waals surface area contributed by atoms with Crippen LogP contribution in [0.3, 0.4) is 0 Å². The molecule has 0 saturated heterocycles. The van der Waals surface area contributed by atoms with Gasteiger partial charge in [-0.3, -0.25) is 0 Å². The van der Waals surface area contributed by atoms with Crippen LogP contribution in [0, 0.1) is 13.5 Å². The third-order valence-electron chi connectivity index (χ3n) is 2.93. The smallest absolute Gasteiger partial charge is 0.140 e. The molecule has 2 aromatic carbocycles. The number of hydrogen-bond donors (Lipinski definition) is 0. The van der Waals surface area contributed by atoms with E-state index < -0.39 is 0 Å². The molecule has 16 heavy (non-hydrogen) atoms. The summed E-state index contributed by atoms with van der Waals surface area (Å²) in [5, 5.41) is 0. The molecule has 1 aliphatic rings. The summed E-state index contributed by atoms with van der Waals surface area (Å²) in [6.07, 6.45) is 0.912. The van der Waals surface area contributed by atoms with Gasteiger partial charge in [-0.1, -0.05) is 48.0 Å². The zero-order chi connectivity index (χ0) is 11.0. The van der Waals surface area contributed by atoms with Crippen molar-refractivity contribution in [1.82, 2.24) is 0 Å². The van der Waals surface area contributed by atoms with Crippen molar-refractivity contribution in [2.45, 2.75) is 13.3 Å². The maximum atomic E-state index is 5.60. The molecule has 1 radical (unpaired) electrons. The Labute approximate surface area is 95.7 Å². The maximum absolute atomic E-state index is 5.60. The number of rotatable bonds is 1. The van der Waals surface area contributed by atoms with Gasteiger partial charge in [0, 0.05) is 12.0 Å². The first-order valence-corrected chi connectivity index (χ1v) is 5.52. The molecule has 1 nitrogen and oxygen atoms in total. The molecule has 0 atom stereocenters. The summed E-state index contributed by atoms with van der Waals surface area (Å²) < 4.78 is 5.60. The summed E-state index contributed by atoms with van der Waals surface area (Å²) in [5.74, 6) is 1.02. The number of hydrogen-bond acceptors (Lipinski definition) is 1. The highest BCUT2D eigenvalue weighted by Crippen LogP contribution is 2.37. The number of ether oxygens (including phenoxy) is 1. The molecule has 0 unspecified atom stereocenters. The Balaban J connectivity index is 2.17. The largest absolute Gasteiger partial charge is 0.485 e. The van der Waals surface area contributed by atoms with Crippen LogP contribution in [0.1, 0.15) is 11.1 Å². The van der Waals surface area contributed by atoms with Gasteiger partial charge in [-0.2, -0.15) is 0 Å². The SMILES string of the molecule is Cc1cccc(-c2cccc3c2O[CH]C3)c1. The molecule has 1 aliphatic heterocycles. The molecule has 0 saturated carbocycles.